The SMILES string of the molecule is O=C1CCCC2=C1C(c1ccccc1Cl)CC(=O)N2c1ccc(F)c(Cl)c1. The fourth-order valence-electron chi connectivity index (χ4n) is 3.94. The third-order valence-corrected chi connectivity index (χ3v) is 5.75. The number of carbonyl (C=O) groups is 2. The van der Waals surface area contributed by atoms with Gasteiger partial charge < -0.3 is 0 Å². The molecule has 1 amide bonds. The number of allylic oxidation sites excluding steroid dienone is 2. The quantitative estimate of drug-likeness (QED) is 0.648. The first-order valence-electron chi connectivity index (χ1n) is 8.76. The van der Waals surface area contributed by atoms with Gasteiger partial charge in [-0.15, -0.1) is 0 Å². The molecule has 3 nitrogen and oxygen atoms in total. The molecule has 0 spiro atoms. The van der Waals surface area contributed by atoms with Crippen molar-refractivity contribution in [3.8, 4) is 0 Å². The second-order valence-corrected chi connectivity index (χ2v) is 7.56. The molecule has 6 heteroatoms. The van der Waals surface area contributed by atoms with Crippen molar-refractivity contribution < 1.29 is 14.0 Å². The Morgan fingerprint density at radius 1 is 1.00 bits per heavy atom. The van der Waals surface area contributed by atoms with E-state index in [0.717, 1.165) is 5.56 Å². The highest BCUT2D eigenvalue weighted by atomic mass is 35.5. The number of rotatable bonds is 2. The van der Waals surface area contributed by atoms with Crippen LogP contribution in [0.3, 0.4) is 0 Å². The van der Waals surface area contributed by atoms with E-state index >= 15 is 0 Å². The summed E-state index contributed by atoms with van der Waals surface area (Å²) in [4.78, 5) is 27.4. The Hall–Kier alpha value is -2.17. The number of ketones is 1. The number of hydrogen-bond acceptors (Lipinski definition) is 2. The molecule has 1 heterocycles. The molecule has 2 aliphatic rings. The van der Waals surface area contributed by atoms with Crippen molar-refractivity contribution >= 4 is 40.6 Å². The van der Waals surface area contributed by atoms with E-state index in [9.17, 15) is 14.0 Å². The zero-order valence-corrected chi connectivity index (χ0v) is 15.9. The molecule has 0 saturated heterocycles. The molecule has 1 unspecified atom stereocenters. The van der Waals surface area contributed by atoms with E-state index in [1.165, 1.54) is 23.1 Å². The van der Waals surface area contributed by atoms with Gasteiger partial charge in [0.2, 0.25) is 5.91 Å². The highest BCUT2D eigenvalue weighted by molar-refractivity contribution is 6.32. The maximum Gasteiger partial charge on any atom is 0.232 e. The first-order chi connectivity index (χ1) is 13.0. The highest BCUT2D eigenvalue weighted by Crippen LogP contribution is 2.45. The fourth-order valence-corrected chi connectivity index (χ4v) is 4.38. The van der Waals surface area contributed by atoms with Crippen molar-refractivity contribution in [2.24, 2.45) is 0 Å². The molecule has 138 valence electrons. The zero-order chi connectivity index (χ0) is 19.1. The summed E-state index contributed by atoms with van der Waals surface area (Å²) in [5.74, 6) is -1.03. The molecule has 0 radical (unpaired) electrons. The molecule has 0 bridgehead atoms. The van der Waals surface area contributed by atoms with Crippen LogP contribution in [0.2, 0.25) is 10.0 Å². The molecular weight excluding hydrogens is 388 g/mol. The Balaban J connectivity index is 1.88. The van der Waals surface area contributed by atoms with Crippen molar-refractivity contribution in [1.29, 1.82) is 0 Å². The molecule has 2 aromatic carbocycles. The molecule has 27 heavy (non-hydrogen) atoms. The minimum Gasteiger partial charge on any atom is -0.294 e. The molecule has 0 N–H and O–H groups in total. The topological polar surface area (TPSA) is 37.4 Å². The number of hydrogen-bond donors (Lipinski definition) is 0. The summed E-state index contributed by atoms with van der Waals surface area (Å²) in [7, 11) is 0. The fraction of sp³-hybridized carbons (Fsp3) is 0.238. The lowest BCUT2D eigenvalue weighted by atomic mass is 9.77. The van der Waals surface area contributed by atoms with Crippen LogP contribution in [0.25, 0.3) is 0 Å². The first-order valence-corrected chi connectivity index (χ1v) is 9.51. The van der Waals surface area contributed by atoms with Gasteiger partial charge in [0.1, 0.15) is 5.82 Å². The predicted octanol–water partition coefficient (Wildman–Crippen LogP) is 5.66. The van der Waals surface area contributed by atoms with E-state index < -0.39 is 5.82 Å². The van der Waals surface area contributed by atoms with Crippen LogP contribution in [0.15, 0.2) is 53.7 Å². The Bertz CT molecular complexity index is 986. The summed E-state index contributed by atoms with van der Waals surface area (Å²) >= 11 is 12.3. The normalized spacial score (nSPS) is 20.1. The molecule has 0 saturated carbocycles. The van der Waals surface area contributed by atoms with E-state index in [1.54, 1.807) is 6.07 Å². The van der Waals surface area contributed by atoms with Crippen LogP contribution >= 0.6 is 23.2 Å². The molecule has 0 fully saturated rings. The smallest absolute Gasteiger partial charge is 0.232 e. The van der Waals surface area contributed by atoms with Gasteiger partial charge in [0.25, 0.3) is 0 Å². The average molecular weight is 404 g/mol. The Morgan fingerprint density at radius 3 is 2.52 bits per heavy atom. The van der Waals surface area contributed by atoms with E-state index in [2.05, 4.69) is 0 Å². The lowest BCUT2D eigenvalue weighted by Crippen LogP contribution is -2.40. The van der Waals surface area contributed by atoms with Crippen LogP contribution in [0, 0.1) is 5.82 Å². The Kier molecular flexibility index (Phi) is 4.79. The molecule has 2 aromatic rings. The second kappa shape index (κ2) is 7.10. The van der Waals surface area contributed by atoms with Gasteiger partial charge in [0, 0.05) is 35.1 Å². The Morgan fingerprint density at radius 2 is 1.78 bits per heavy atom. The summed E-state index contributed by atoms with van der Waals surface area (Å²) in [6, 6.07) is 11.5. The van der Waals surface area contributed by atoms with Gasteiger partial charge >= 0.3 is 0 Å². The van der Waals surface area contributed by atoms with Gasteiger partial charge in [0.15, 0.2) is 5.78 Å². The van der Waals surface area contributed by atoms with Gasteiger partial charge in [-0.25, -0.2) is 4.39 Å². The largest absolute Gasteiger partial charge is 0.294 e. The third-order valence-electron chi connectivity index (χ3n) is 5.12. The monoisotopic (exact) mass is 403 g/mol. The van der Waals surface area contributed by atoms with Crippen molar-refractivity contribution in [3.05, 3.63) is 75.2 Å². The van der Waals surface area contributed by atoms with Gasteiger partial charge in [-0.05, 0) is 42.7 Å². The minimum absolute atomic E-state index is 0.0341. The summed E-state index contributed by atoms with van der Waals surface area (Å²) in [6.45, 7) is 0. The van der Waals surface area contributed by atoms with Crippen molar-refractivity contribution in [3.63, 3.8) is 0 Å². The van der Waals surface area contributed by atoms with E-state index in [1.807, 2.05) is 18.2 Å². The van der Waals surface area contributed by atoms with Gasteiger partial charge in [-0.3, -0.25) is 14.5 Å². The highest BCUT2D eigenvalue weighted by Gasteiger charge is 2.40. The van der Waals surface area contributed by atoms with Crippen LogP contribution in [0.4, 0.5) is 10.1 Å². The number of anilines is 1. The standard InChI is InChI=1S/C21H16Cl2FNO2/c22-15-5-2-1-4-13(15)14-11-20(27)25(12-8-9-17(24)16(23)10-12)18-6-3-7-19(26)21(14)18/h1-2,4-5,8-10,14H,3,6-7,11H2. The number of halogens is 3. The maximum atomic E-state index is 13.6. The molecule has 4 rings (SSSR count). The number of carbonyl (C=O) groups excluding carboxylic acids is 2. The molecule has 1 atom stereocenters. The molecule has 0 aromatic heterocycles. The lowest BCUT2D eigenvalue weighted by molar-refractivity contribution is -0.119. The number of nitrogens with zero attached hydrogens (tertiary/aromatic N) is 1. The van der Waals surface area contributed by atoms with Crippen LogP contribution in [0.5, 0.6) is 0 Å². The summed E-state index contributed by atoms with van der Waals surface area (Å²) in [6.07, 6.45) is 1.85. The molecule has 1 aliphatic heterocycles. The van der Waals surface area contributed by atoms with Gasteiger partial charge in [-0.2, -0.15) is 0 Å². The van der Waals surface area contributed by atoms with Crippen LogP contribution in [0.1, 0.15) is 37.2 Å². The van der Waals surface area contributed by atoms with E-state index in [0.29, 0.717) is 41.2 Å². The van der Waals surface area contributed by atoms with Crippen molar-refractivity contribution in [2.45, 2.75) is 31.6 Å². The average Bonchev–Trinajstić information content (AvgIpc) is 2.64. The Labute approximate surface area is 166 Å². The third kappa shape index (κ3) is 3.17. The van der Waals surface area contributed by atoms with Crippen molar-refractivity contribution in [1.82, 2.24) is 0 Å². The van der Waals surface area contributed by atoms with E-state index in [4.69, 9.17) is 23.2 Å². The number of Topliss-reactive ketones (excluding diaryl/α,β-unsaturated/α-hetero) is 1. The predicted molar refractivity (Wildman–Crippen MR) is 104 cm³/mol. The first kappa shape index (κ1) is 18.2. The van der Waals surface area contributed by atoms with Crippen molar-refractivity contribution in [2.75, 3.05) is 4.90 Å². The molecular formula is C21H16Cl2FNO2. The van der Waals surface area contributed by atoms with E-state index in [-0.39, 0.29) is 29.1 Å². The summed E-state index contributed by atoms with van der Waals surface area (Å²) in [5, 5.41) is 0.483. The maximum absolute atomic E-state index is 13.6. The summed E-state index contributed by atoms with van der Waals surface area (Å²) < 4.78 is 13.6. The van der Waals surface area contributed by atoms with Gasteiger partial charge in [-0.1, -0.05) is 41.4 Å². The minimum atomic E-state index is -0.548. The summed E-state index contributed by atoms with van der Waals surface area (Å²) in [5.41, 5.74) is 2.57. The number of benzene rings is 2. The molecule has 1 aliphatic carbocycles. The van der Waals surface area contributed by atoms with Crippen LogP contribution in [-0.2, 0) is 9.59 Å². The second-order valence-electron chi connectivity index (χ2n) is 6.74. The van der Waals surface area contributed by atoms with Gasteiger partial charge in [0.05, 0.1) is 10.7 Å². The van der Waals surface area contributed by atoms with Crippen LogP contribution < -0.4 is 4.90 Å². The van der Waals surface area contributed by atoms with Crippen LogP contribution in [-0.4, -0.2) is 11.7 Å². The lowest BCUT2D eigenvalue weighted by Gasteiger charge is -2.38. The zero-order valence-electron chi connectivity index (χ0n) is 14.3. The number of amides is 1.